The van der Waals surface area contributed by atoms with E-state index in [2.05, 4.69) is 26.3 Å². The summed E-state index contributed by atoms with van der Waals surface area (Å²) >= 11 is 1.13. The summed E-state index contributed by atoms with van der Waals surface area (Å²) in [6.45, 7) is 3.78. The first-order chi connectivity index (χ1) is 25.2. The Labute approximate surface area is 314 Å². The highest BCUT2D eigenvalue weighted by Crippen LogP contribution is 2.40. The molecule has 302 valence electrons. The molecule has 0 saturated carbocycles. The molecule has 8 atom stereocenters. The quantitative estimate of drug-likeness (QED) is 0.0162. The van der Waals surface area contributed by atoms with E-state index in [1.54, 1.807) is 0 Å². The Morgan fingerprint density at radius 2 is 1.56 bits per heavy atom. The van der Waals surface area contributed by atoms with Crippen molar-refractivity contribution >= 4 is 65.2 Å². The van der Waals surface area contributed by atoms with E-state index in [1.807, 2.05) is 0 Å². The largest absolute Gasteiger partial charge is 0.480 e. The molecule has 0 spiro atoms. The number of ether oxygens (including phenoxy) is 1. The number of guanidine groups is 1. The van der Waals surface area contributed by atoms with Crippen molar-refractivity contribution in [3.63, 3.8) is 0 Å². The maximum absolute atomic E-state index is 13.0. The number of nitrogens with zero attached hydrogens (tertiary/aromatic N) is 2. The van der Waals surface area contributed by atoms with Crippen molar-refractivity contribution in [3.05, 3.63) is 11.3 Å². The molecule has 1 fully saturated rings. The molecule has 0 aromatic carbocycles. The minimum Gasteiger partial charge on any atom is -0.480 e. The highest BCUT2D eigenvalue weighted by Gasteiger charge is 2.54. The lowest BCUT2D eigenvalue weighted by Crippen LogP contribution is -2.70. The maximum atomic E-state index is 13.0. The van der Waals surface area contributed by atoms with Crippen LogP contribution in [0.2, 0.25) is 0 Å². The summed E-state index contributed by atoms with van der Waals surface area (Å²) in [4.78, 5) is 103. The molecular weight excluding hydrogens is 736 g/mol. The van der Waals surface area contributed by atoms with Crippen LogP contribution in [0.25, 0.3) is 0 Å². The van der Waals surface area contributed by atoms with E-state index < -0.39 is 114 Å². The molecular formula is C31H50N10O12S. The predicted octanol–water partition coefficient (Wildman–Crippen LogP) is -4.50. The molecule has 15 N–H and O–H groups in total. The van der Waals surface area contributed by atoms with Crippen LogP contribution in [0.5, 0.6) is 0 Å². The van der Waals surface area contributed by atoms with Gasteiger partial charge in [0, 0.05) is 24.3 Å². The van der Waals surface area contributed by atoms with E-state index in [4.69, 9.17) is 32.8 Å². The zero-order chi connectivity index (χ0) is 40.9. The lowest BCUT2D eigenvalue weighted by atomic mass is 10.0. The highest BCUT2D eigenvalue weighted by molar-refractivity contribution is 8.00. The number of amides is 5. The third kappa shape index (κ3) is 13.4. The topological polar surface area (TPSA) is 374 Å². The molecule has 0 aromatic rings. The number of aliphatic hydroxyl groups is 1. The lowest BCUT2D eigenvalue weighted by Gasteiger charge is -2.49. The molecule has 0 radical (unpaired) electrons. The molecule has 23 heteroatoms. The molecule has 22 nitrogen and oxygen atoms in total. The molecule has 0 aliphatic carbocycles. The van der Waals surface area contributed by atoms with E-state index in [9.17, 15) is 48.6 Å². The fourth-order valence-electron chi connectivity index (χ4n) is 5.19. The number of carbonyl (C=O) groups excluding carboxylic acids is 6. The van der Waals surface area contributed by atoms with E-state index >= 15 is 0 Å². The number of aliphatic imine (C=N–C) groups is 1. The molecule has 2 aliphatic rings. The summed E-state index contributed by atoms with van der Waals surface area (Å²) in [6, 6.07) is -6.25. The monoisotopic (exact) mass is 786 g/mol. The van der Waals surface area contributed by atoms with Crippen molar-refractivity contribution in [2.45, 2.75) is 107 Å². The molecule has 2 aliphatic heterocycles. The molecule has 0 aromatic heterocycles. The fourth-order valence-corrected chi connectivity index (χ4v) is 6.51. The van der Waals surface area contributed by atoms with Gasteiger partial charge in [-0.3, -0.25) is 43.5 Å². The third-order valence-corrected chi connectivity index (χ3v) is 9.60. The number of carboxylic acid groups (broad SMARTS) is 2. The number of rotatable bonds is 22. The third-order valence-electron chi connectivity index (χ3n) is 8.26. The van der Waals surface area contributed by atoms with Gasteiger partial charge in [-0.15, -0.1) is 11.8 Å². The first-order valence-electron chi connectivity index (χ1n) is 17.0. The molecule has 5 amide bonds. The summed E-state index contributed by atoms with van der Waals surface area (Å²) in [5.41, 5.74) is 21.3. The number of thioether (sulfide) groups is 1. The average Bonchev–Trinajstić information content (AvgIpc) is 3.09. The van der Waals surface area contributed by atoms with E-state index in [-0.39, 0.29) is 55.9 Å². The highest BCUT2D eigenvalue weighted by atomic mass is 32.2. The Morgan fingerprint density at radius 1 is 0.944 bits per heavy atom. The van der Waals surface area contributed by atoms with Gasteiger partial charge in [-0.2, -0.15) is 0 Å². The number of carbonyl (C=O) groups is 8. The maximum Gasteiger partial charge on any atom is 0.352 e. The van der Waals surface area contributed by atoms with Crippen LogP contribution in [0.3, 0.4) is 0 Å². The Hall–Kier alpha value is -5.00. The van der Waals surface area contributed by atoms with Gasteiger partial charge in [-0.25, -0.2) is 4.79 Å². The summed E-state index contributed by atoms with van der Waals surface area (Å²) in [5, 5.41) is 39.0. The second kappa shape index (κ2) is 21.0. The second-order valence-electron chi connectivity index (χ2n) is 12.8. The van der Waals surface area contributed by atoms with Gasteiger partial charge in [-0.1, -0.05) is 0 Å². The number of hydrogen-bond acceptors (Lipinski definition) is 14. The number of nitrogens with one attached hydrogen (secondary N) is 4. The van der Waals surface area contributed by atoms with Gasteiger partial charge in [0.05, 0.1) is 24.6 Å². The van der Waals surface area contributed by atoms with Gasteiger partial charge in [0.1, 0.15) is 41.8 Å². The summed E-state index contributed by atoms with van der Waals surface area (Å²) in [5.74, 6) is -7.02. The number of aliphatic hydroxyl groups excluding tert-OH is 1. The van der Waals surface area contributed by atoms with Crippen LogP contribution in [-0.4, -0.2) is 140 Å². The van der Waals surface area contributed by atoms with E-state index in [0.717, 1.165) is 16.7 Å². The van der Waals surface area contributed by atoms with Crippen LogP contribution in [0, 0.1) is 0 Å². The summed E-state index contributed by atoms with van der Waals surface area (Å²) in [7, 11) is 0. The van der Waals surface area contributed by atoms with Crippen molar-refractivity contribution < 1.29 is 58.4 Å². The summed E-state index contributed by atoms with van der Waals surface area (Å²) < 4.78 is 5.27. The van der Waals surface area contributed by atoms with Gasteiger partial charge >= 0.3 is 17.9 Å². The van der Waals surface area contributed by atoms with Crippen molar-refractivity contribution in [2.24, 2.45) is 27.9 Å². The molecule has 0 bridgehead atoms. The van der Waals surface area contributed by atoms with Crippen LogP contribution in [-0.2, 0) is 43.1 Å². The Bertz CT molecular complexity index is 1500. The number of esters is 1. The van der Waals surface area contributed by atoms with Gasteiger partial charge in [-0.05, 0) is 46.5 Å². The van der Waals surface area contributed by atoms with Crippen molar-refractivity contribution in [3.8, 4) is 0 Å². The molecule has 2 heterocycles. The minimum atomic E-state index is -1.52. The molecule has 2 rings (SSSR count). The molecule has 1 saturated heterocycles. The number of fused-ring (bicyclic) bond motifs is 1. The molecule has 54 heavy (non-hydrogen) atoms. The van der Waals surface area contributed by atoms with Crippen molar-refractivity contribution in [1.29, 1.82) is 0 Å². The minimum absolute atomic E-state index is 0.0202. The number of β-lactam (4-membered cyclic amide) rings is 1. The Kier molecular flexibility index (Phi) is 17.6. The standard InChI is InChI=1S/C31H50N10O12S/c1-13(32)24(45)37-14(2)25(46)38-15(3)26(47)39-18(7-5-9-36-31(34)35)19(42)10-21(44)53-11-16-12-54-28-22(27(48)41(28)23(16)30(51)52)40-20(43)8-4-6-17(33)29(49)50/h13-15,17-19,22,28,42H,4-12,32-33H2,1-3H3,(H,37,45)(H,38,46)(H,39,47)(H,40,43)(H,49,50)(H,51,52)(H4,34,35,36). The number of aliphatic carboxylic acids is 2. The van der Waals surface area contributed by atoms with Crippen LogP contribution in [0.4, 0.5) is 0 Å². The SMILES string of the molecule is CC(N)C(=O)NC(C)C(=O)NC(C)C(=O)NC(CCCN=C(N)N)C(O)CC(=O)OCC1=C(C(=O)O)N2C(=O)C(NC(=O)CCCC(N)C(=O)O)C2SC1. The fraction of sp³-hybridized carbons (Fsp3) is 0.645. The predicted molar refractivity (Wildman–Crippen MR) is 191 cm³/mol. The Balaban J connectivity index is 2.03. The van der Waals surface area contributed by atoms with Gasteiger partial charge in [0.15, 0.2) is 5.96 Å². The number of nitrogens with two attached hydrogens (primary N) is 4. The van der Waals surface area contributed by atoms with Crippen LogP contribution in [0.1, 0.15) is 59.3 Å². The van der Waals surface area contributed by atoms with Gasteiger partial charge in [0.2, 0.25) is 23.6 Å². The van der Waals surface area contributed by atoms with E-state index in [0.29, 0.717) is 0 Å². The Morgan fingerprint density at radius 3 is 2.13 bits per heavy atom. The smallest absolute Gasteiger partial charge is 0.352 e. The van der Waals surface area contributed by atoms with E-state index in [1.165, 1.54) is 20.8 Å². The average molecular weight is 787 g/mol. The zero-order valence-corrected chi connectivity index (χ0v) is 30.9. The first-order valence-corrected chi connectivity index (χ1v) is 18.0. The van der Waals surface area contributed by atoms with Gasteiger partial charge < -0.3 is 64.3 Å². The molecule has 8 unspecified atom stereocenters. The zero-order valence-electron chi connectivity index (χ0n) is 30.1. The number of carboxylic acids is 2. The normalized spacial score (nSPS) is 19.7. The van der Waals surface area contributed by atoms with Crippen LogP contribution in [0.15, 0.2) is 16.3 Å². The first kappa shape index (κ1) is 45.2. The van der Waals surface area contributed by atoms with Crippen molar-refractivity contribution in [1.82, 2.24) is 26.2 Å². The number of hydrogen-bond donors (Lipinski definition) is 11. The lowest BCUT2D eigenvalue weighted by molar-refractivity contribution is -0.151. The second-order valence-corrected chi connectivity index (χ2v) is 13.9. The summed E-state index contributed by atoms with van der Waals surface area (Å²) in [6.07, 6.45) is -1.72. The van der Waals surface area contributed by atoms with Gasteiger partial charge in [0.25, 0.3) is 5.91 Å². The van der Waals surface area contributed by atoms with Crippen LogP contribution >= 0.6 is 11.8 Å². The van der Waals surface area contributed by atoms with Crippen LogP contribution < -0.4 is 44.2 Å². The van der Waals surface area contributed by atoms with Crippen molar-refractivity contribution in [2.75, 3.05) is 18.9 Å².